The maximum Gasteiger partial charge on any atom is 0.316 e. The van der Waals surface area contributed by atoms with E-state index in [9.17, 15) is 9.90 Å². The highest BCUT2D eigenvalue weighted by atomic mass is 32.2. The molecule has 2 nitrogen and oxygen atoms in total. The van der Waals surface area contributed by atoms with Crippen LogP contribution in [0.3, 0.4) is 0 Å². The molecule has 1 N–H and O–H groups in total. The van der Waals surface area contributed by atoms with Gasteiger partial charge in [0, 0.05) is 15.5 Å². The lowest BCUT2D eigenvalue weighted by atomic mass is 10.1. The van der Waals surface area contributed by atoms with Crippen LogP contribution in [0.5, 0.6) is 0 Å². The molecular weight excluding hydrogens is 288 g/mol. The van der Waals surface area contributed by atoms with Gasteiger partial charge in [0.05, 0.1) is 0 Å². The molecule has 1 aromatic heterocycles. The number of benzene rings is 1. The van der Waals surface area contributed by atoms with Crippen molar-refractivity contribution in [2.45, 2.75) is 30.8 Å². The second-order valence-electron chi connectivity index (χ2n) is 4.55. The van der Waals surface area contributed by atoms with Crippen molar-refractivity contribution >= 4 is 29.1 Å². The van der Waals surface area contributed by atoms with Gasteiger partial charge in [-0.15, -0.1) is 23.1 Å². The van der Waals surface area contributed by atoms with E-state index in [-0.39, 0.29) is 5.25 Å². The van der Waals surface area contributed by atoms with Crippen molar-refractivity contribution in [3.63, 3.8) is 0 Å². The van der Waals surface area contributed by atoms with Crippen LogP contribution in [0.4, 0.5) is 0 Å². The van der Waals surface area contributed by atoms with Crippen LogP contribution in [0.15, 0.2) is 42.5 Å². The Morgan fingerprint density at radius 2 is 1.90 bits per heavy atom. The molecule has 0 saturated carbocycles. The molecule has 20 heavy (non-hydrogen) atoms. The van der Waals surface area contributed by atoms with Crippen LogP contribution < -0.4 is 0 Å². The van der Waals surface area contributed by atoms with E-state index in [0.29, 0.717) is 6.42 Å². The molecular formula is C16H18O2S2. The van der Waals surface area contributed by atoms with Crippen molar-refractivity contribution in [2.75, 3.05) is 0 Å². The molecule has 2 rings (SSSR count). The summed E-state index contributed by atoms with van der Waals surface area (Å²) in [6, 6.07) is 14.1. The number of hydrogen-bond donors (Lipinski definition) is 1. The van der Waals surface area contributed by atoms with Crippen LogP contribution in [0.25, 0.3) is 0 Å². The average molecular weight is 306 g/mol. The third-order valence-electron chi connectivity index (χ3n) is 3.03. The van der Waals surface area contributed by atoms with Gasteiger partial charge in [-0.25, -0.2) is 0 Å². The van der Waals surface area contributed by atoms with E-state index in [4.69, 9.17) is 0 Å². The molecule has 0 radical (unpaired) electrons. The number of carbonyl (C=O) groups is 1. The van der Waals surface area contributed by atoms with Crippen LogP contribution in [-0.2, 0) is 23.4 Å². The van der Waals surface area contributed by atoms with Crippen molar-refractivity contribution in [3.05, 3.63) is 57.8 Å². The minimum atomic E-state index is -0.730. The number of carboxylic acid groups (broad SMARTS) is 1. The molecule has 1 atom stereocenters. The molecule has 106 valence electrons. The topological polar surface area (TPSA) is 37.3 Å². The summed E-state index contributed by atoms with van der Waals surface area (Å²) in [6.07, 6.45) is 1.62. The van der Waals surface area contributed by atoms with Gasteiger partial charge in [-0.1, -0.05) is 37.3 Å². The van der Waals surface area contributed by atoms with Gasteiger partial charge >= 0.3 is 5.97 Å². The van der Waals surface area contributed by atoms with Gasteiger partial charge in [0.25, 0.3) is 0 Å². The van der Waals surface area contributed by atoms with E-state index in [1.165, 1.54) is 21.5 Å². The summed E-state index contributed by atoms with van der Waals surface area (Å²) in [5, 5.41) is 8.96. The molecule has 0 fully saturated rings. The molecule has 2 aromatic rings. The highest BCUT2D eigenvalue weighted by Crippen LogP contribution is 2.26. The van der Waals surface area contributed by atoms with E-state index >= 15 is 0 Å². The van der Waals surface area contributed by atoms with Gasteiger partial charge in [0.15, 0.2) is 0 Å². The lowest BCUT2D eigenvalue weighted by Crippen LogP contribution is -2.19. The Balaban J connectivity index is 1.94. The predicted octanol–water partition coefficient (Wildman–Crippen LogP) is 4.24. The number of carboxylic acids is 1. The molecule has 1 heterocycles. The molecule has 4 heteroatoms. The Bertz CT molecular complexity index is 549. The van der Waals surface area contributed by atoms with Crippen molar-refractivity contribution in [1.82, 2.24) is 0 Å². The van der Waals surface area contributed by atoms with E-state index in [1.54, 1.807) is 11.3 Å². The van der Waals surface area contributed by atoms with Gasteiger partial charge in [0.2, 0.25) is 0 Å². The van der Waals surface area contributed by atoms with Gasteiger partial charge in [0.1, 0.15) is 5.25 Å². The Morgan fingerprint density at radius 3 is 2.50 bits per heavy atom. The number of aliphatic carboxylic acids is 1. The number of thiophene rings is 1. The Labute approximate surface area is 127 Å². The second-order valence-corrected chi connectivity index (χ2v) is 6.99. The molecule has 0 aliphatic carbocycles. The zero-order chi connectivity index (χ0) is 14.4. The first-order valence-electron chi connectivity index (χ1n) is 6.65. The molecule has 0 aliphatic rings. The van der Waals surface area contributed by atoms with Crippen molar-refractivity contribution in [1.29, 1.82) is 0 Å². The van der Waals surface area contributed by atoms with Crippen LogP contribution in [0.1, 0.15) is 22.2 Å². The zero-order valence-corrected chi connectivity index (χ0v) is 13.0. The average Bonchev–Trinajstić information content (AvgIpc) is 2.92. The van der Waals surface area contributed by atoms with Crippen molar-refractivity contribution < 1.29 is 9.90 Å². The highest BCUT2D eigenvalue weighted by molar-refractivity contribution is 7.99. The lowest BCUT2D eigenvalue weighted by Gasteiger charge is -2.11. The van der Waals surface area contributed by atoms with E-state index in [0.717, 1.165) is 17.7 Å². The van der Waals surface area contributed by atoms with E-state index in [1.807, 2.05) is 30.3 Å². The van der Waals surface area contributed by atoms with Gasteiger partial charge in [-0.2, -0.15) is 0 Å². The molecule has 1 unspecified atom stereocenters. The van der Waals surface area contributed by atoms with Crippen LogP contribution in [-0.4, -0.2) is 16.3 Å². The van der Waals surface area contributed by atoms with Crippen LogP contribution >= 0.6 is 23.1 Å². The molecule has 0 aliphatic heterocycles. The minimum Gasteiger partial charge on any atom is -0.480 e. The lowest BCUT2D eigenvalue weighted by molar-refractivity contribution is -0.136. The fourth-order valence-corrected chi connectivity index (χ4v) is 4.03. The standard InChI is InChI=1S/C16H18O2S2/c1-2-13-8-9-14(20-13)11-19-15(16(17)18)10-12-6-4-3-5-7-12/h3-9,15H,2,10-11H2,1H3,(H,17,18). The van der Waals surface area contributed by atoms with E-state index in [2.05, 4.69) is 19.1 Å². The summed E-state index contributed by atoms with van der Waals surface area (Å²) in [6.45, 7) is 2.14. The first-order chi connectivity index (χ1) is 9.69. The fourth-order valence-electron chi connectivity index (χ4n) is 1.92. The Morgan fingerprint density at radius 1 is 1.20 bits per heavy atom. The van der Waals surface area contributed by atoms with Crippen molar-refractivity contribution in [2.24, 2.45) is 0 Å². The SMILES string of the molecule is CCc1ccc(CSC(Cc2ccccc2)C(=O)O)s1. The molecule has 0 bridgehead atoms. The first kappa shape index (κ1) is 15.1. The summed E-state index contributed by atoms with van der Waals surface area (Å²) >= 11 is 3.29. The second kappa shape index (κ2) is 7.50. The van der Waals surface area contributed by atoms with Gasteiger partial charge in [-0.05, 0) is 30.5 Å². The summed E-state index contributed by atoms with van der Waals surface area (Å²) in [5.74, 6) is 0.0418. The van der Waals surface area contributed by atoms with Crippen molar-refractivity contribution in [3.8, 4) is 0 Å². The Hall–Kier alpha value is -1.26. The summed E-state index contributed by atoms with van der Waals surface area (Å²) in [4.78, 5) is 14.0. The maximum atomic E-state index is 11.4. The van der Waals surface area contributed by atoms with Crippen LogP contribution in [0.2, 0.25) is 0 Å². The minimum absolute atomic E-state index is 0.385. The maximum absolute atomic E-state index is 11.4. The van der Waals surface area contributed by atoms with E-state index < -0.39 is 5.97 Å². The summed E-state index contributed by atoms with van der Waals surface area (Å²) < 4.78 is 0. The molecule has 1 aromatic carbocycles. The molecule has 0 saturated heterocycles. The largest absolute Gasteiger partial charge is 0.480 e. The molecule has 0 spiro atoms. The van der Waals surface area contributed by atoms with Gasteiger partial charge in [-0.3, -0.25) is 4.79 Å². The number of aryl methyl sites for hydroxylation is 1. The number of rotatable bonds is 7. The normalized spacial score (nSPS) is 12.2. The summed E-state index contributed by atoms with van der Waals surface area (Å²) in [5.41, 5.74) is 1.08. The molecule has 0 amide bonds. The van der Waals surface area contributed by atoms with Crippen LogP contribution in [0, 0.1) is 0 Å². The number of hydrogen-bond acceptors (Lipinski definition) is 3. The first-order valence-corrected chi connectivity index (χ1v) is 8.51. The smallest absolute Gasteiger partial charge is 0.316 e. The highest BCUT2D eigenvalue weighted by Gasteiger charge is 2.18. The monoisotopic (exact) mass is 306 g/mol. The van der Waals surface area contributed by atoms with Gasteiger partial charge < -0.3 is 5.11 Å². The quantitative estimate of drug-likeness (QED) is 0.831. The predicted molar refractivity (Wildman–Crippen MR) is 86.6 cm³/mol. The fraction of sp³-hybridized carbons (Fsp3) is 0.312. The zero-order valence-electron chi connectivity index (χ0n) is 11.4. The summed E-state index contributed by atoms with van der Waals surface area (Å²) in [7, 11) is 0. The Kier molecular flexibility index (Phi) is 5.68. The third-order valence-corrected chi connectivity index (χ3v) is 5.69. The third kappa shape index (κ3) is 4.39. The number of thioether (sulfide) groups is 1.